The Morgan fingerprint density at radius 2 is 0.308 bits per heavy atom. The first-order valence-corrected chi connectivity index (χ1v) is 1.34. The number of hydrogen-bond donors (Lipinski definition) is 0. The van der Waals surface area contributed by atoms with Gasteiger partial charge < -0.3 is 71.0 Å². The van der Waals surface area contributed by atoms with Crippen LogP contribution in [0.5, 0.6) is 0 Å². The van der Waals surface area contributed by atoms with Crippen molar-refractivity contribution in [1.82, 2.24) is 0 Å². The molecule has 0 heterocycles. The first kappa shape index (κ1) is 74.8. The van der Waals surface area contributed by atoms with Gasteiger partial charge >= 0.3 is 0 Å². The van der Waals surface area contributed by atoms with E-state index in [1.807, 2.05) is 0 Å². The number of hydrogen-bond acceptors (Lipinski definition) is 6. The topological polar surface area (TPSA) is 143 Å². The molecule has 0 aromatic heterocycles. The average molecular weight is 252 g/mol. The fourth-order valence-corrected chi connectivity index (χ4v) is 0. The van der Waals surface area contributed by atoms with Gasteiger partial charge in [-0.1, -0.05) is 0 Å². The van der Waals surface area contributed by atoms with Gasteiger partial charge in [-0.05, 0) is 0 Å². The van der Waals surface area contributed by atoms with Gasteiger partial charge in [0.2, 0.25) is 0 Å². The molecule has 66 valence electrons. The van der Waals surface area contributed by atoms with Crippen molar-refractivity contribution in [2.24, 2.45) is 0 Å². The molecule has 0 bridgehead atoms. The Hall–Kier alpha value is -2.37. The van der Waals surface area contributed by atoms with Crippen molar-refractivity contribution in [2.75, 3.05) is 0 Å². The average Bonchev–Trinajstić information content (AvgIpc) is 2.33. The minimum Gasteiger partial charge on any atom is -0.512 e. The molecule has 0 saturated carbocycles. The standard InChI is InChI=1S/6CN.Mo/c6*1-2;/q6*-1;. The van der Waals surface area contributed by atoms with Crippen molar-refractivity contribution < 1.29 is 21.1 Å². The molecular formula is C6MoN6-6. The van der Waals surface area contributed by atoms with Crippen LogP contribution in [0.15, 0.2) is 0 Å². The molecule has 0 radical (unpaired) electrons. The van der Waals surface area contributed by atoms with E-state index in [9.17, 15) is 0 Å². The molecule has 0 unspecified atom stereocenters. The van der Waals surface area contributed by atoms with Crippen molar-refractivity contribution in [1.29, 1.82) is 31.6 Å². The van der Waals surface area contributed by atoms with Crippen LogP contribution in [0.25, 0.3) is 0 Å². The van der Waals surface area contributed by atoms with Crippen molar-refractivity contribution in [3.8, 4) is 0 Å². The Kier molecular flexibility index (Phi) is 734. The molecule has 0 saturated heterocycles. The first-order valence-electron chi connectivity index (χ1n) is 1.34. The molecule has 0 aromatic carbocycles. The predicted molar refractivity (Wildman–Crippen MR) is 29.8 cm³/mol. The Bertz CT molecular complexity index is 92.1. The van der Waals surface area contributed by atoms with Crippen LogP contribution in [0.4, 0.5) is 0 Å². The van der Waals surface area contributed by atoms with Gasteiger partial charge in [0.25, 0.3) is 0 Å². The van der Waals surface area contributed by atoms with E-state index in [1.165, 1.54) is 0 Å². The Morgan fingerprint density at radius 1 is 0.308 bits per heavy atom. The summed E-state index contributed by atoms with van der Waals surface area (Å²) in [4.78, 5) is 0. The summed E-state index contributed by atoms with van der Waals surface area (Å²) in [6.07, 6.45) is 0. The van der Waals surface area contributed by atoms with E-state index >= 15 is 0 Å². The van der Waals surface area contributed by atoms with Crippen LogP contribution < -0.4 is 0 Å². The quantitative estimate of drug-likeness (QED) is 0.455. The predicted octanol–water partition coefficient (Wildman–Crippen LogP) is 0.576. The molecule has 0 fully saturated rings. The molecule has 0 N–H and O–H groups in total. The molecule has 0 amide bonds. The van der Waals surface area contributed by atoms with Crippen LogP contribution >= 0.6 is 0 Å². The summed E-state index contributed by atoms with van der Waals surface area (Å²) in [6.45, 7) is 28.5. The van der Waals surface area contributed by atoms with Gasteiger partial charge in [0.1, 0.15) is 0 Å². The summed E-state index contributed by atoms with van der Waals surface area (Å²) in [6, 6.07) is 0. The van der Waals surface area contributed by atoms with Crippen LogP contribution in [0.1, 0.15) is 0 Å². The van der Waals surface area contributed by atoms with Gasteiger partial charge in [0.05, 0.1) is 0 Å². The molecule has 13 heavy (non-hydrogen) atoms. The number of rotatable bonds is 0. The summed E-state index contributed by atoms with van der Waals surface area (Å²) < 4.78 is 0. The zero-order valence-corrected chi connectivity index (χ0v) is 8.10. The van der Waals surface area contributed by atoms with Crippen molar-refractivity contribution in [2.45, 2.75) is 0 Å². The van der Waals surface area contributed by atoms with Gasteiger partial charge in [0, 0.05) is 21.1 Å². The second-order valence-corrected chi connectivity index (χ2v) is 0. The van der Waals surface area contributed by atoms with Crippen LogP contribution in [-0.2, 0) is 21.1 Å². The third kappa shape index (κ3) is 99.6. The van der Waals surface area contributed by atoms with Crippen LogP contribution in [-0.4, -0.2) is 0 Å². The molecule has 6 nitrogen and oxygen atoms in total. The fraction of sp³-hybridized carbons (Fsp3) is 0. The molecule has 7 heteroatoms. The molecule has 0 aromatic rings. The van der Waals surface area contributed by atoms with Crippen molar-refractivity contribution >= 4 is 0 Å². The van der Waals surface area contributed by atoms with Gasteiger partial charge in [0.15, 0.2) is 0 Å². The monoisotopic (exact) mass is 254 g/mol. The largest absolute Gasteiger partial charge is 0.512 e. The van der Waals surface area contributed by atoms with Gasteiger partial charge in [-0.2, -0.15) is 0 Å². The minimum absolute atomic E-state index is 0. The second-order valence-electron chi connectivity index (χ2n) is 0. The number of nitrogens with zero attached hydrogens (tertiary/aromatic N) is 6. The Labute approximate surface area is 92.3 Å². The zero-order chi connectivity index (χ0) is 12.0. The molecule has 0 spiro atoms. The van der Waals surface area contributed by atoms with E-state index in [0.717, 1.165) is 0 Å². The minimum atomic E-state index is 0. The molecular weight excluding hydrogens is 252 g/mol. The SMILES string of the molecule is [C-]#N.[C-]#N.[C-]#N.[C-]#N.[C-]#N.[C-]#N.[Mo]. The Morgan fingerprint density at radius 3 is 0.308 bits per heavy atom. The summed E-state index contributed by atoms with van der Waals surface area (Å²) in [5, 5.41) is 37.5. The first-order chi connectivity index (χ1) is 6.00. The second kappa shape index (κ2) is 127. The summed E-state index contributed by atoms with van der Waals surface area (Å²) in [5.74, 6) is 0. The third-order valence-electron chi connectivity index (χ3n) is 0. The Balaban J connectivity index is -0.00000000655. The molecule has 0 aliphatic carbocycles. The summed E-state index contributed by atoms with van der Waals surface area (Å²) >= 11 is 0. The van der Waals surface area contributed by atoms with Gasteiger partial charge in [-0.3, -0.25) is 0 Å². The summed E-state index contributed by atoms with van der Waals surface area (Å²) in [7, 11) is 0. The summed E-state index contributed by atoms with van der Waals surface area (Å²) in [5.41, 5.74) is 0. The van der Waals surface area contributed by atoms with E-state index in [0.29, 0.717) is 0 Å². The van der Waals surface area contributed by atoms with Gasteiger partial charge in [-0.25, -0.2) is 0 Å². The molecule has 0 aliphatic rings. The van der Waals surface area contributed by atoms with Crippen molar-refractivity contribution in [3.05, 3.63) is 39.4 Å². The molecule has 0 aliphatic heterocycles. The van der Waals surface area contributed by atoms with E-state index in [1.54, 1.807) is 0 Å². The maximum absolute atomic E-state index is 6.25. The smallest absolute Gasteiger partial charge is 0 e. The van der Waals surface area contributed by atoms with E-state index in [4.69, 9.17) is 71.0 Å². The third-order valence-corrected chi connectivity index (χ3v) is 0. The van der Waals surface area contributed by atoms with Crippen LogP contribution in [0.2, 0.25) is 0 Å². The normalized spacial score (nSPS) is 0.923. The van der Waals surface area contributed by atoms with E-state index < -0.39 is 0 Å². The maximum atomic E-state index is 6.25. The van der Waals surface area contributed by atoms with Crippen LogP contribution in [0, 0.1) is 71.0 Å². The van der Waals surface area contributed by atoms with E-state index in [-0.39, 0.29) is 21.1 Å². The van der Waals surface area contributed by atoms with E-state index in [2.05, 4.69) is 0 Å². The zero-order valence-electron chi connectivity index (χ0n) is 6.09. The molecule has 0 atom stereocenters. The van der Waals surface area contributed by atoms with Gasteiger partial charge in [-0.15, -0.1) is 0 Å². The van der Waals surface area contributed by atoms with Crippen molar-refractivity contribution in [3.63, 3.8) is 0 Å². The fourth-order valence-electron chi connectivity index (χ4n) is 0. The van der Waals surface area contributed by atoms with Crippen LogP contribution in [0.3, 0.4) is 0 Å². The maximum Gasteiger partial charge on any atom is 0 e. The molecule has 0 rings (SSSR count).